The van der Waals surface area contributed by atoms with Crippen LogP contribution in [0.2, 0.25) is 0 Å². The standard InChI is InChI=1S/C12H21N3O3S/c1-10(14-2-5-18-6-3-14)8-13-11(16)9-15-4-7-19-12(15)17/h10H,2-9H2,1H3,(H,13,16)/t10-/m1/s1. The molecule has 7 heteroatoms. The van der Waals surface area contributed by atoms with Crippen molar-refractivity contribution in [3.63, 3.8) is 0 Å². The first-order valence-corrected chi connectivity index (χ1v) is 7.65. The number of ether oxygens (including phenoxy) is 1. The molecule has 2 amide bonds. The molecule has 2 heterocycles. The van der Waals surface area contributed by atoms with Gasteiger partial charge < -0.3 is 15.0 Å². The van der Waals surface area contributed by atoms with Crippen LogP contribution in [-0.2, 0) is 9.53 Å². The first-order chi connectivity index (χ1) is 9.16. The van der Waals surface area contributed by atoms with Crippen LogP contribution in [0.4, 0.5) is 4.79 Å². The summed E-state index contributed by atoms with van der Waals surface area (Å²) in [6.07, 6.45) is 0. The number of carbonyl (C=O) groups excluding carboxylic acids is 2. The van der Waals surface area contributed by atoms with Crippen molar-refractivity contribution in [2.24, 2.45) is 0 Å². The van der Waals surface area contributed by atoms with E-state index in [2.05, 4.69) is 17.1 Å². The second-order valence-electron chi connectivity index (χ2n) is 4.84. The highest BCUT2D eigenvalue weighted by Crippen LogP contribution is 2.16. The van der Waals surface area contributed by atoms with E-state index in [1.54, 1.807) is 4.90 Å². The molecule has 2 aliphatic heterocycles. The van der Waals surface area contributed by atoms with Crippen LogP contribution in [0.15, 0.2) is 0 Å². The summed E-state index contributed by atoms with van der Waals surface area (Å²) >= 11 is 1.28. The maximum Gasteiger partial charge on any atom is 0.282 e. The summed E-state index contributed by atoms with van der Waals surface area (Å²) in [6, 6.07) is 0.302. The molecule has 19 heavy (non-hydrogen) atoms. The smallest absolute Gasteiger partial charge is 0.282 e. The second kappa shape index (κ2) is 7.12. The van der Waals surface area contributed by atoms with E-state index in [-0.39, 0.29) is 17.7 Å². The van der Waals surface area contributed by atoms with Crippen LogP contribution < -0.4 is 5.32 Å². The van der Waals surface area contributed by atoms with Gasteiger partial charge in [0.2, 0.25) is 5.91 Å². The molecule has 2 fully saturated rings. The third-order valence-corrected chi connectivity index (χ3v) is 4.33. The van der Waals surface area contributed by atoms with E-state index in [4.69, 9.17) is 4.74 Å². The molecular weight excluding hydrogens is 266 g/mol. The fraction of sp³-hybridized carbons (Fsp3) is 0.833. The number of hydrogen-bond donors (Lipinski definition) is 1. The second-order valence-corrected chi connectivity index (χ2v) is 5.88. The Morgan fingerprint density at radius 3 is 2.79 bits per heavy atom. The Hall–Kier alpha value is -0.790. The van der Waals surface area contributed by atoms with E-state index >= 15 is 0 Å². The lowest BCUT2D eigenvalue weighted by Gasteiger charge is -2.32. The van der Waals surface area contributed by atoms with Crippen molar-refractivity contribution in [3.05, 3.63) is 0 Å². The van der Waals surface area contributed by atoms with Crippen molar-refractivity contribution in [2.75, 3.05) is 51.7 Å². The Morgan fingerprint density at radius 1 is 1.42 bits per heavy atom. The molecule has 2 rings (SSSR count). The molecule has 2 saturated heterocycles. The van der Waals surface area contributed by atoms with E-state index < -0.39 is 0 Å². The molecule has 1 atom stereocenters. The Balaban J connectivity index is 1.66. The fourth-order valence-electron chi connectivity index (χ4n) is 2.21. The Labute approximate surface area is 117 Å². The lowest BCUT2D eigenvalue weighted by molar-refractivity contribution is -0.121. The topological polar surface area (TPSA) is 61.9 Å². The van der Waals surface area contributed by atoms with Gasteiger partial charge in [-0.2, -0.15) is 0 Å². The third kappa shape index (κ3) is 4.36. The summed E-state index contributed by atoms with van der Waals surface area (Å²) in [5, 5.41) is 2.91. The Kier molecular flexibility index (Phi) is 5.47. The Morgan fingerprint density at radius 2 is 2.16 bits per heavy atom. The van der Waals surface area contributed by atoms with E-state index in [0.29, 0.717) is 19.1 Å². The lowest BCUT2D eigenvalue weighted by Crippen LogP contribution is -2.48. The molecule has 0 aliphatic carbocycles. The molecule has 0 saturated carbocycles. The highest BCUT2D eigenvalue weighted by Gasteiger charge is 2.23. The predicted molar refractivity (Wildman–Crippen MR) is 74.3 cm³/mol. The molecule has 0 unspecified atom stereocenters. The van der Waals surface area contributed by atoms with E-state index in [0.717, 1.165) is 32.1 Å². The minimum absolute atomic E-state index is 0.0105. The van der Waals surface area contributed by atoms with Crippen molar-refractivity contribution < 1.29 is 14.3 Å². The van der Waals surface area contributed by atoms with Crippen molar-refractivity contribution >= 4 is 22.9 Å². The van der Waals surface area contributed by atoms with Gasteiger partial charge in [-0.1, -0.05) is 11.8 Å². The molecular formula is C12H21N3O3S. The quantitative estimate of drug-likeness (QED) is 0.771. The van der Waals surface area contributed by atoms with E-state index in [1.807, 2.05) is 0 Å². The van der Waals surface area contributed by atoms with Gasteiger partial charge >= 0.3 is 0 Å². The average Bonchev–Trinajstić information content (AvgIpc) is 2.82. The summed E-state index contributed by atoms with van der Waals surface area (Å²) in [5.74, 6) is 0.715. The van der Waals surface area contributed by atoms with Crippen LogP contribution in [0.1, 0.15) is 6.92 Å². The number of carbonyl (C=O) groups is 2. The maximum absolute atomic E-state index is 11.8. The third-order valence-electron chi connectivity index (χ3n) is 3.44. The SMILES string of the molecule is C[C@H](CNC(=O)CN1CCSC1=O)N1CCOCC1. The Bertz CT molecular complexity index is 334. The molecule has 0 aromatic carbocycles. The molecule has 2 aliphatic rings. The molecule has 0 bridgehead atoms. The maximum atomic E-state index is 11.8. The van der Waals surface area contributed by atoms with E-state index in [1.165, 1.54) is 11.8 Å². The van der Waals surface area contributed by atoms with Gasteiger partial charge in [0.15, 0.2) is 0 Å². The average molecular weight is 287 g/mol. The summed E-state index contributed by atoms with van der Waals surface area (Å²) in [4.78, 5) is 27.1. The molecule has 1 N–H and O–H groups in total. The van der Waals surface area contributed by atoms with Crippen LogP contribution in [-0.4, -0.2) is 78.7 Å². The molecule has 0 radical (unpaired) electrons. The van der Waals surface area contributed by atoms with Gasteiger partial charge in [0, 0.05) is 38.0 Å². The minimum atomic E-state index is -0.0732. The highest BCUT2D eigenvalue weighted by atomic mass is 32.2. The minimum Gasteiger partial charge on any atom is -0.379 e. The van der Waals surface area contributed by atoms with Crippen LogP contribution in [0.3, 0.4) is 0 Å². The van der Waals surface area contributed by atoms with Crippen molar-refractivity contribution in [1.82, 2.24) is 15.1 Å². The number of nitrogens with one attached hydrogen (secondary N) is 1. The van der Waals surface area contributed by atoms with Gasteiger partial charge in [-0.05, 0) is 6.92 Å². The van der Waals surface area contributed by atoms with Gasteiger partial charge in [0.25, 0.3) is 5.24 Å². The molecule has 108 valence electrons. The highest BCUT2D eigenvalue weighted by molar-refractivity contribution is 8.13. The van der Waals surface area contributed by atoms with Gasteiger partial charge in [0.05, 0.1) is 13.2 Å². The van der Waals surface area contributed by atoms with Crippen LogP contribution in [0, 0.1) is 0 Å². The largest absolute Gasteiger partial charge is 0.379 e. The summed E-state index contributed by atoms with van der Waals surface area (Å²) in [7, 11) is 0. The van der Waals surface area contributed by atoms with Crippen LogP contribution in [0.5, 0.6) is 0 Å². The van der Waals surface area contributed by atoms with Gasteiger partial charge in [-0.25, -0.2) is 0 Å². The zero-order valence-electron chi connectivity index (χ0n) is 11.3. The molecule has 0 aromatic rings. The number of hydrogen-bond acceptors (Lipinski definition) is 5. The summed E-state index contributed by atoms with van der Waals surface area (Å²) < 4.78 is 5.30. The first kappa shape index (κ1) is 14.6. The number of nitrogens with zero attached hydrogens (tertiary/aromatic N) is 2. The number of thioether (sulfide) groups is 1. The summed E-state index contributed by atoms with van der Waals surface area (Å²) in [5.41, 5.74) is 0. The van der Waals surface area contributed by atoms with Crippen molar-refractivity contribution in [2.45, 2.75) is 13.0 Å². The van der Waals surface area contributed by atoms with E-state index in [9.17, 15) is 9.59 Å². The number of amides is 2. The zero-order valence-corrected chi connectivity index (χ0v) is 12.1. The molecule has 6 nitrogen and oxygen atoms in total. The van der Waals surface area contributed by atoms with Gasteiger partial charge in [0.1, 0.15) is 6.54 Å². The van der Waals surface area contributed by atoms with Crippen molar-refractivity contribution in [3.8, 4) is 0 Å². The fourth-order valence-corrected chi connectivity index (χ4v) is 3.03. The lowest BCUT2D eigenvalue weighted by atomic mass is 10.2. The number of rotatable bonds is 5. The molecule has 0 aromatic heterocycles. The normalized spacial score (nSPS) is 22.6. The first-order valence-electron chi connectivity index (χ1n) is 6.67. The van der Waals surface area contributed by atoms with Gasteiger partial charge in [-0.15, -0.1) is 0 Å². The van der Waals surface area contributed by atoms with Gasteiger partial charge in [-0.3, -0.25) is 14.5 Å². The van der Waals surface area contributed by atoms with Crippen molar-refractivity contribution in [1.29, 1.82) is 0 Å². The van der Waals surface area contributed by atoms with Crippen LogP contribution in [0.25, 0.3) is 0 Å². The van der Waals surface area contributed by atoms with Crippen LogP contribution >= 0.6 is 11.8 Å². The monoisotopic (exact) mass is 287 g/mol. The number of morpholine rings is 1. The summed E-state index contributed by atoms with van der Waals surface area (Å²) in [6.45, 7) is 6.93. The predicted octanol–water partition coefficient (Wildman–Crippen LogP) is -0.00790. The molecule has 0 spiro atoms. The zero-order chi connectivity index (χ0) is 13.7.